The maximum atomic E-state index is 13.0. The first-order chi connectivity index (χ1) is 18.1. The van der Waals surface area contributed by atoms with Crippen LogP contribution >= 0.6 is 0 Å². The van der Waals surface area contributed by atoms with Gasteiger partial charge in [-0.25, -0.2) is 9.59 Å². The van der Waals surface area contributed by atoms with E-state index in [9.17, 15) is 9.59 Å². The smallest absolute Gasteiger partial charge is 0.411 e. The molecular formula is C32H45NO4. The average Bonchev–Trinajstić information content (AvgIpc) is 3.25. The molecule has 3 unspecified atom stereocenters. The number of esters is 1. The van der Waals surface area contributed by atoms with E-state index in [0.29, 0.717) is 0 Å². The minimum absolute atomic E-state index is 0.340. The Hall–Kier alpha value is -2.82. The van der Waals surface area contributed by atoms with Crippen molar-refractivity contribution in [1.82, 2.24) is 4.90 Å². The molecule has 1 aliphatic heterocycles. The monoisotopic (exact) mass is 507 g/mol. The zero-order valence-corrected chi connectivity index (χ0v) is 23.0. The molecule has 202 valence electrons. The maximum absolute atomic E-state index is 13.0. The van der Waals surface area contributed by atoms with E-state index in [0.717, 1.165) is 29.2 Å². The molecule has 1 amide bonds. The van der Waals surface area contributed by atoms with Crippen molar-refractivity contribution in [3.8, 4) is 0 Å². The topological polar surface area (TPSA) is 55.8 Å². The molecule has 2 aromatic rings. The standard InChI is InChI=1S/C32H45NO4/c1-4-5-6-7-8-9-10-11-12-13-14-15-16-24-29-30(31(34)36-3)33(32(35)37-29)25(2)27-23-19-21-26-20-17-18-22-28(26)27/h16-25,29-30H,4-15H2,1-3H3/b24-16+. The molecule has 37 heavy (non-hydrogen) atoms. The molecule has 5 nitrogen and oxygen atoms in total. The van der Waals surface area contributed by atoms with Crippen LogP contribution < -0.4 is 0 Å². The first kappa shape index (κ1) is 28.7. The van der Waals surface area contributed by atoms with Crippen LogP contribution in [0.15, 0.2) is 54.6 Å². The molecule has 0 aromatic heterocycles. The Kier molecular flexibility index (Phi) is 12.0. The zero-order chi connectivity index (χ0) is 26.5. The quantitative estimate of drug-likeness (QED) is 0.130. The number of benzene rings is 2. The second-order valence-electron chi connectivity index (χ2n) is 10.2. The number of hydrogen-bond acceptors (Lipinski definition) is 4. The van der Waals surface area contributed by atoms with Crippen LogP contribution in [0.3, 0.4) is 0 Å². The van der Waals surface area contributed by atoms with Gasteiger partial charge in [-0.05, 0) is 42.2 Å². The van der Waals surface area contributed by atoms with Gasteiger partial charge in [-0.15, -0.1) is 0 Å². The average molecular weight is 508 g/mol. The van der Waals surface area contributed by atoms with E-state index in [1.54, 1.807) is 0 Å². The van der Waals surface area contributed by atoms with E-state index >= 15 is 0 Å². The molecule has 0 N–H and O–H groups in total. The molecule has 1 fully saturated rings. The number of fused-ring (bicyclic) bond motifs is 1. The number of ether oxygens (including phenoxy) is 2. The van der Waals surface area contributed by atoms with Crippen molar-refractivity contribution in [1.29, 1.82) is 0 Å². The van der Waals surface area contributed by atoms with Crippen molar-refractivity contribution in [2.45, 2.75) is 109 Å². The SMILES string of the molecule is CCCCCCCCCCCCC/C=C/C1OC(=O)N(C(C)c2cccc3ccccc23)C1C(=O)OC. The molecule has 1 aliphatic rings. The Morgan fingerprint density at radius 2 is 1.57 bits per heavy atom. The molecule has 1 saturated heterocycles. The third-order valence-electron chi connectivity index (χ3n) is 7.49. The number of hydrogen-bond donors (Lipinski definition) is 0. The molecule has 1 heterocycles. The van der Waals surface area contributed by atoms with Gasteiger partial charge in [0.1, 0.15) is 0 Å². The fraction of sp³-hybridized carbons (Fsp3) is 0.562. The first-order valence-corrected chi connectivity index (χ1v) is 14.3. The Bertz CT molecular complexity index is 1010. The third kappa shape index (κ3) is 8.08. The lowest BCUT2D eigenvalue weighted by Gasteiger charge is -2.28. The summed E-state index contributed by atoms with van der Waals surface area (Å²) in [6.07, 6.45) is 18.1. The normalized spacial score (nSPS) is 18.5. The largest absolute Gasteiger partial charge is 0.467 e. The Morgan fingerprint density at radius 3 is 2.24 bits per heavy atom. The van der Waals surface area contributed by atoms with Crippen LogP contribution in [-0.2, 0) is 14.3 Å². The molecular weight excluding hydrogens is 462 g/mol. The molecule has 0 spiro atoms. The molecule has 0 bridgehead atoms. The van der Waals surface area contributed by atoms with Crippen LogP contribution in [0.25, 0.3) is 10.8 Å². The summed E-state index contributed by atoms with van der Waals surface area (Å²) < 4.78 is 10.8. The fourth-order valence-corrected chi connectivity index (χ4v) is 5.35. The number of carbonyl (C=O) groups excluding carboxylic acids is 2. The van der Waals surface area contributed by atoms with Gasteiger partial charge in [0, 0.05) is 0 Å². The van der Waals surface area contributed by atoms with Gasteiger partial charge >= 0.3 is 12.1 Å². The Morgan fingerprint density at radius 1 is 0.946 bits per heavy atom. The van der Waals surface area contributed by atoms with Gasteiger partial charge in [-0.3, -0.25) is 4.90 Å². The summed E-state index contributed by atoms with van der Waals surface area (Å²) in [5, 5.41) is 2.15. The minimum atomic E-state index is -0.806. The zero-order valence-electron chi connectivity index (χ0n) is 23.0. The third-order valence-corrected chi connectivity index (χ3v) is 7.49. The summed E-state index contributed by atoms with van der Waals surface area (Å²) in [6.45, 7) is 4.20. The number of nitrogens with zero attached hydrogens (tertiary/aromatic N) is 1. The summed E-state index contributed by atoms with van der Waals surface area (Å²) in [5.41, 5.74) is 0.981. The van der Waals surface area contributed by atoms with Gasteiger partial charge in [0.15, 0.2) is 12.1 Å². The highest BCUT2D eigenvalue weighted by molar-refractivity contribution is 5.89. The lowest BCUT2D eigenvalue weighted by atomic mass is 9.97. The number of rotatable bonds is 16. The lowest BCUT2D eigenvalue weighted by molar-refractivity contribution is -0.146. The van der Waals surface area contributed by atoms with Crippen LogP contribution in [0.2, 0.25) is 0 Å². The summed E-state index contributed by atoms with van der Waals surface area (Å²) in [7, 11) is 1.36. The van der Waals surface area contributed by atoms with E-state index in [-0.39, 0.29) is 6.04 Å². The molecule has 5 heteroatoms. The fourth-order valence-electron chi connectivity index (χ4n) is 5.35. The second-order valence-corrected chi connectivity index (χ2v) is 10.2. The van der Waals surface area contributed by atoms with Crippen LogP contribution in [0.5, 0.6) is 0 Å². The van der Waals surface area contributed by atoms with Crippen LogP contribution in [0.4, 0.5) is 4.79 Å². The number of unbranched alkanes of at least 4 members (excludes halogenated alkanes) is 11. The highest BCUT2D eigenvalue weighted by Gasteiger charge is 2.48. The van der Waals surface area contributed by atoms with Crippen molar-refractivity contribution in [2.75, 3.05) is 7.11 Å². The molecule has 2 aromatic carbocycles. The predicted molar refractivity (Wildman–Crippen MR) is 150 cm³/mol. The second kappa shape index (κ2) is 15.4. The predicted octanol–water partition coefficient (Wildman–Crippen LogP) is 8.52. The Labute approximate surface area is 223 Å². The molecule has 0 aliphatic carbocycles. The van der Waals surface area contributed by atoms with Gasteiger partial charge in [0.05, 0.1) is 13.2 Å². The van der Waals surface area contributed by atoms with Crippen molar-refractivity contribution in [3.05, 3.63) is 60.2 Å². The highest BCUT2D eigenvalue weighted by atomic mass is 16.6. The van der Waals surface area contributed by atoms with Crippen molar-refractivity contribution in [3.63, 3.8) is 0 Å². The minimum Gasteiger partial charge on any atom is -0.467 e. The van der Waals surface area contributed by atoms with E-state index in [1.807, 2.05) is 61.5 Å². The van der Waals surface area contributed by atoms with E-state index < -0.39 is 24.2 Å². The first-order valence-electron chi connectivity index (χ1n) is 14.3. The number of methoxy groups -OCH3 is 1. The number of carbonyl (C=O) groups is 2. The van der Waals surface area contributed by atoms with Crippen LogP contribution in [-0.4, -0.2) is 36.2 Å². The van der Waals surface area contributed by atoms with E-state index in [4.69, 9.17) is 9.47 Å². The Balaban J connectivity index is 1.50. The summed E-state index contributed by atoms with van der Waals surface area (Å²) >= 11 is 0. The van der Waals surface area contributed by atoms with Crippen LogP contribution in [0.1, 0.15) is 103 Å². The molecule has 0 radical (unpaired) electrons. The summed E-state index contributed by atoms with van der Waals surface area (Å²) in [5.74, 6) is -0.456. The van der Waals surface area contributed by atoms with Gasteiger partial charge in [-0.1, -0.05) is 120 Å². The van der Waals surface area contributed by atoms with Crippen molar-refractivity contribution in [2.24, 2.45) is 0 Å². The number of allylic oxidation sites excluding steroid dienone is 1. The van der Waals surface area contributed by atoms with Crippen LogP contribution in [0, 0.1) is 0 Å². The van der Waals surface area contributed by atoms with E-state index in [2.05, 4.69) is 6.92 Å². The van der Waals surface area contributed by atoms with Gasteiger partial charge in [-0.2, -0.15) is 0 Å². The van der Waals surface area contributed by atoms with Gasteiger partial charge in [0.25, 0.3) is 0 Å². The van der Waals surface area contributed by atoms with Crippen molar-refractivity contribution < 1.29 is 19.1 Å². The highest BCUT2D eigenvalue weighted by Crippen LogP contribution is 2.35. The van der Waals surface area contributed by atoms with Crippen molar-refractivity contribution >= 4 is 22.8 Å². The molecule has 3 rings (SSSR count). The van der Waals surface area contributed by atoms with Gasteiger partial charge in [0.2, 0.25) is 0 Å². The maximum Gasteiger partial charge on any atom is 0.411 e. The molecule has 3 atom stereocenters. The number of amides is 1. The van der Waals surface area contributed by atoms with Gasteiger partial charge < -0.3 is 9.47 Å². The summed E-state index contributed by atoms with van der Waals surface area (Å²) in [6, 6.07) is 13.0. The summed E-state index contributed by atoms with van der Waals surface area (Å²) in [4.78, 5) is 27.3. The number of cyclic esters (lactones) is 1. The lowest BCUT2D eigenvalue weighted by Crippen LogP contribution is -2.44. The van der Waals surface area contributed by atoms with E-state index in [1.165, 1.54) is 76.2 Å². The molecule has 0 saturated carbocycles.